The fourth-order valence-corrected chi connectivity index (χ4v) is 1.85. The maximum absolute atomic E-state index is 10.6. The summed E-state index contributed by atoms with van der Waals surface area (Å²) in [6.45, 7) is 0.759. The molecule has 0 saturated carbocycles. The minimum Gasteiger partial charge on any atom is -0.489 e. The molecule has 1 amide bonds. The Hall–Kier alpha value is -2.49. The number of nitrogens with two attached hydrogens (primary N) is 1. The van der Waals surface area contributed by atoms with Gasteiger partial charge in [-0.3, -0.25) is 0 Å². The lowest BCUT2D eigenvalue weighted by molar-refractivity contribution is 0.157. The van der Waals surface area contributed by atoms with Gasteiger partial charge in [-0.1, -0.05) is 48.5 Å². The SMILES string of the molecule is NC(=O)OCCc1ccccc1OCc1ccccc1. The van der Waals surface area contributed by atoms with Crippen LogP contribution in [0.3, 0.4) is 0 Å². The van der Waals surface area contributed by atoms with Crippen LogP contribution in [0.15, 0.2) is 54.6 Å². The topological polar surface area (TPSA) is 61.6 Å². The molecule has 0 heterocycles. The molecular formula is C16H17NO3. The van der Waals surface area contributed by atoms with Crippen molar-refractivity contribution >= 4 is 6.09 Å². The zero-order valence-electron chi connectivity index (χ0n) is 11.1. The minimum atomic E-state index is -0.757. The van der Waals surface area contributed by atoms with E-state index in [4.69, 9.17) is 15.2 Å². The Morgan fingerprint density at radius 3 is 2.45 bits per heavy atom. The Kier molecular flexibility index (Phi) is 5.00. The van der Waals surface area contributed by atoms with Gasteiger partial charge < -0.3 is 15.2 Å². The molecule has 104 valence electrons. The van der Waals surface area contributed by atoms with Crippen LogP contribution in [0, 0.1) is 0 Å². The van der Waals surface area contributed by atoms with E-state index in [0.29, 0.717) is 13.0 Å². The van der Waals surface area contributed by atoms with Gasteiger partial charge in [0.05, 0.1) is 6.61 Å². The number of carbonyl (C=O) groups is 1. The zero-order chi connectivity index (χ0) is 14.2. The molecule has 4 nitrogen and oxygen atoms in total. The van der Waals surface area contributed by atoms with Gasteiger partial charge in [-0.15, -0.1) is 0 Å². The van der Waals surface area contributed by atoms with Crippen LogP contribution in [-0.4, -0.2) is 12.7 Å². The molecule has 2 N–H and O–H groups in total. The third-order valence-corrected chi connectivity index (χ3v) is 2.83. The smallest absolute Gasteiger partial charge is 0.404 e. The fraction of sp³-hybridized carbons (Fsp3) is 0.188. The third kappa shape index (κ3) is 4.31. The van der Waals surface area contributed by atoms with Gasteiger partial charge in [-0.2, -0.15) is 0 Å². The van der Waals surface area contributed by atoms with Gasteiger partial charge in [0, 0.05) is 6.42 Å². The van der Waals surface area contributed by atoms with Crippen LogP contribution in [0.4, 0.5) is 4.79 Å². The molecule has 0 spiro atoms. The molecule has 0 fully saturated rings. The van der Waals surface area contributed by atoms with Gasteiger partial charge >= 0.3 is 6.09 Å². The molecule has 0 bridgehead atoms. The average molecular weight is 271 g/mol. The number of ether oxygens (including phenoxy) is 2. The van der Waals surface area contributed by atoms with Crippen LogP contribution in [0.2, 0.25) is 0 Å². The van der Waals surface area contributed by atoms with Gasteiger partial charge in [0.15, 0.2) is 0 Å². The number of carbonyl (C=O) groups excluding carboxylic acids is 1. The van der Waals surface area contributed by atoms with Crippen molar-refractivity contribution in [3.05, 3.63) is 65.7 Å². The van der Waals surface area contributed by atoms with Crippen molar-refractivity contribution in [2.45, 2.75) is 13.0 Å². The lowest BCUT2D eigenvalue weighted by Gasteiger charge is -2.11. The highest BCUT2D eigenvalue weighted by Crippen LogP contribution is 2.20. The van der Waals surface area contributed by atoms with E-state index >= 15 is 0 Å². The number of hydrogen-bond donors (Lipinski definition) is 1. The minimum absolute atomic E-state index is 0.251. The first-order valence-corrected chi connectivity index (χ1v) is 6.42. The molecule has 0 unspecified atom stereocenters. The quantitative estimate of drug-likeness (QED) is 0.878. The maximum Gasteiger partial charge on any atom is 0.404 e. The predicted molar refractivity (Wildman–Crippen MR) is 76.5 cm³/mol. The zero-order valence-corrected chi connectivity index (χ0v) is 11.1. The van der Waals surface area contributed by atoms with Crippen LogP contribution in [-0.2, 0) is 17.8 Å². The van der Waals surface area contributed by atoms with E-state index in [-0.39, 0.29) is 6.61 Å². The Morgan fingerprint density at radius 2 is 1.70 bits per heavy atom. The summed E-state index contributed by atoms with van der Waals surface area (Å²) in [5.74, 6) is 0.796. The molecule has 0 atom stereocenters. The highest BCUT2D eigenvalue weighted by molar-refractivity contribution is 5.64. The number of benzene rings is 2. The predicted octanol–water partition coefficient (Wildman–Crippen LogP) is 2.90. The van der Waals surface area contributed by atoms with Crippen LogP contribution in [0.5, 0.6) is 5.75 Å². The van der Waals surface area contributed by atoms with E-state index in [2.05, 4.69) is 0 Å². The molecule has 0 aliphatic heterocycles. The first-order chi connectivity index (χ1) is 9.75. The summed E-state index contributed by atoms with van der Waals surface area (Å²) in [6.07, 6.45) is -0.179. The number of primary amides is 1. The number of amides is 1. The number of para-hydroxylation sites is 1. The average Bonchev–Trinajstić information content (AvgIpc) is 2.47. The first kappa shape index (κ1) is 13.9. The summed E-state index contributed by atoms with van der Waals surface area (Å²) in [4.78, 5) is 10.6. The third-order valence-electron chi connectivity index (χ3n) is 2.83. The van der Waals surface area contributed by atoms with Crippen LogP contribution in [0.25, 0.3) is 0 Å². The van der Waals surface area contributed by atoms with E-state index in [1.807, 2.05) is 54.6 Å². The summed E-state index contributed by atoms with van der Waals surface area (Å²) in [5.41, 5.74) is 7.03. The van der Waals surface area contributed by atoms with E-state index in [0.717, 1.165) is 16.9 Å². The summed E-state index contributed by atoms with van der Waals surface area (Å²) >= 11 is 0. The molecule has 0 saturated heterocycles. The van der Waals surface area contributed by atoms with E-state index in [9.17, 15) is 4.79 Å². The molecule has 20 heavy (non-hydrogen) atoms. The summed E-state index contributed by atoms with van der Waals surface area (Å²) in [5, 5.41) is 0. The van der Waals surface area contributed by atoms with Crippen molar-refractivity contribution < 1.29 is 14.3 Å². The second-order valence-electron chi connectivity index (χ2n) is 4.30. The fourth-order valence-electron chi connectivity index (χ4n) is 1.85. The summed E-state index contributed by atoms with van der Waals surface area (Å²) in [7, 11) is 0. The highest BCUT2D eigenvalue weighted by atomic mass is 16.5. The van der Waals surface area contributed by atoms with Gasteiger partial charge in [0.1, 0.15) is 12.4 Å². The molecule has 0 aliphatic rings. The van der Waals surface area contributed by atoms with Gasteiger partial charge in [-0.05, 0) is 17.2 Å². The Morgan fingerprint density at radius 1 is 1.00 bits per heavy atom. The molecular weight excluding hydrogens is 254 g/mol. The summed E-state index contributed by atoms with van der Waals surface area (Å²) < 4.78 is 10.6. The summed E-state index contributed by atoms with van der Waals surface area (Å²) in [6, 6.07) is 17.6. The molecule has 4 heteroatoms. The van der Waals surface area contributed by atoms with Crippen molar-refractivity contribution in [2.75, 3.05) is 6.61 Å². The Balaban J connectivity index is 1.95. The first-order valence-electron chi connectivity index (χ1n) is 6.42. The second-order valence-corrected chi connectivity index (χ2v) is 4.30. The number of hydrogen-bond acceptors (Lipinski definition) is 3. The lowest BCUT2D eigenvalue weighted by atomic mass is 10.1. The highest BCUT2D eigenvalue weighted by Gasteiger charge is 2.04. The standard InChI is InChI=1S/C16H17NO3/c17-16(18)19-11-10-14-8-4-5-9-15(14)20-12-13-6-2-1-3-7-13/h1-9H,10-12H2,(H2,17,18). The van der Waals surface area contributed by atoms with Crippen LogP contribution in [0.1, 0.15) is 11.1 Å². The van der Waals surface area contributed by atoms with E-state index in [1.165, 1.54) is 0 Å². The molecule has 0 aromatic heterocycles. The lowest BCUT2D eigenvalue weighted by Crippen LogP contribution is -2.15. The van der Waals surface area contributed by atoms with Crippen molar-refractivity contribution in [1.29, 1.82) is 0 Å². The van der Waals surface area contributed by atoms with Gasteiger partial charge in [-0.25, -0.2) is 4.79 Å². The van der Waals surface area contributed by atoms with Crippen molar-refractivity contribution in [2.24, 2.45) is 5.73 Å². The van der Waals surface area contributed by atoms with Crippen molar-refractivity contribution in [1.82, 2.24) is 0 Å². The van der Waals surface area contributed by atoms with Gasteiger partial charge in [0.25, 0.3) is 0 Å². The van der Waals surface area contributed by atoms with Gasteiger partial charge in [0.2, 0.25) is 0 Å². The molecule has 0 aliphatic carbocycles. The molecule has 0 radical (unpaired) electrons. The van der Waals surface area contributed by atoms with E-state index in [1.54, 1.807) is 0 Å². The monoisotopic (exact) mass is 271 g/mol. The van der Waals surface area contributed by atoms with Crippen molar-refractivity contribution in [3.63, 3.8) is 0 Å². The normalized spacial score (nSPS) is 10.0. The molecule has 2 rings (SSSR count). The van der Waals surface area contributed by atoms with E-state index < -0.39 is 6.09 Å². The van der Waals surface area contributed by atoms with Crippen molar-refractivity contribution in [3.8, 4) is 5.75 Å². The number of rotatable bonds is 6. The largest absolute Gasteiger partial charge is 0.489 e. The second kappa shape index (κ2) is 7.19. The molecule has 2 aromatic carbocycles. The Bertz CT molecular complexity index is 555. The maximum atomic E-state index is 10.6. The molecule has 2 aromatic rings. The Labute approximate surface area is 118 Å². The van der Waals surface area contributed by atoms with Crippen LogP contribution >= 0.6 is 0 Å². The van der Waals surface area contributed by atoms with Crippen LogP contribution < -0.4 is 10.5 Å².